The van der Waals surface area contributed by atoms with Crippen molar-refractivity contribution in [1.29, 1.82) is 0 Å². The Hall–Kier alpha value is -1.46. The molecule has 1 unspecified atom stereocenters. The molecule has 1 N–H and O–H groups in total. The highest BCUT2D eigenvalue weighted by Gasteiger charge is 2.22. The Morgan fingerprint density at radius 1 is 1.24 bits per heavy atom. The van der Waals surface area contributed by atoms with E-state index in [9.17, 15) is 5.11 Å². The van der Waals surface area contributed by atoms with Crippen LogP contribution < -0.4 is 4.90 Å². The molecule has 0 fully saturated rings. The molecule has 1 heterocycles. The Kier molecular flexibility index (Phi) is 4.64. The molecule has 0 aromatic heterocycles. The Morgan fingerprint density at radius 3 is 2.57 bits per heavy atom. The number of aliphatic hydroxyl groups excluding tert-OH is 1. The molecule has 114 valence electrons. The molecule has 1 atom stereocenters. The highest BCUT2D eigenvalue weighted by Crippen LogP contribution is 2.31. The van der Waals surface area contributed by atoms with Gasteiger partial charge in [0.2, 0.25) is 0 Å². The molecule has 0 spiro atoms. The van der Waals surface area contributed by atoms with E-state index >= 15 is 0 Å². The summed E-state index contributed by atoms with van der Waals surface area (Å²) in [6.45, 7) is 11.6. The lowest BCUT2D eigenvalue weighted by Crippen LogP contribution is -2.35. The zero-order chi connectivity index (χ0) is 15.6. The maximum atomic E-state index is 10.1. The molecular weight excluding hydrogens is 258 g/mol. The van der Waals surface area contributed by atoms with Crippen molar-refractivity contribution in [2.24, 2.45) is 5.41 Å². The van der Waals surface area contributed by atoms with Gasteiger partial charge in [-0.1, -0.05) is 38.7 Å². The minimum Gasteiger partial charge on any atom is -0.380 e. The van der Waals surface area contributed by atoms with Crippen molar-refractivity contribution in [1.82, 2.24) is 0 Å². The van der Waals surface area contributed by atoms with Crippen LogP contribution in [0.4, 0.5) is 5.69 Å². The van der Waals surface area contributed by atoms with Gasteiger partial charge in [-0.2, -0.15) is 0 Å². The Labute approximate surface area is 129 Å². The summed E-state index contributed by atoms with van der Waals surface area (Å²) in [4.78, 5) is 2.45. The predicted molar refractivity (Wildman–Crippen MR) is 89.6 cm³/mol. The summed E-state index contributed by atoms with van der Waals surface area (Å²) in [6.07, 6.45) is 1.65. The molecule has 0 saturated heterocycles. The number of benzene rings is 1. The van der Waals surface area contributed by atoms with Crippen LogP contribution in [0.5, 0.6) is 0 Å². The first kappa shape index (κ1) is 15.9. The number of anilines is 1. The smallest absolute Gasteiger partial charge is 0.119 e. The molecule has 0 radical (unpaired) electrons. The molecule has 1 aromatic carbocycles. The van der Waals surface area contributed by atoms with Crippen LogP contribution in [0.3, 0.4) is 0 Å². The van der Waals surface area contributed by atoms with E-state index in [1.165, 1.54) is 17.7 Å². The van der Waals surface area contributed by atoms with E-state index in [2.05, 4.69) is 48.8 Å². The number of hydrogen-bond donors (Lipinski definition) is 1. The van der Waals surface area contributed by atoms with Crippen LogP contribution in [-0.4, -0.2) is 23.8 Å². The van der Waals surface area contributed by atoms with E-state index in [1.54, 1.807) is 0 Å². The van der Waals surface area contributed by atoms with Gasteiger partial charge < -0.3 is 10.0 Å². The summed E-state index contributed by atoms with van der Waals surface area (Å²) in [7, 11) is 0. The minimum atomic E-state index is -0.599. The molecule has 0 saturated carbocycles. The molecule has 2 heteroatoms. The average molecular weight is 285 g/mol. The summed E-state index contributed by atoms with van der Waals surface area (Å²) in [5.74, 6) is 6.23. The number of hydrogen-bond acceptors (Lipinski definition) is 2. The Balaban J connectivity index is 2.36. The van der Waals surface area contributed by atoms with E-state index < -0.39 is 6.10 Å². The van der Waals surface area contributed by atoms with Crippen LogP contribution in [0.15, 0.2) is 18.2 Å². The molecule has 1 aromatic rings. The summed E-state index contributed by atoms with van der Waals surface area (Å²) in [6, 6.07) is 6.85. The summed E-state index contributed by atoms with van der Waals surface area (Å²) in [5.41, 5.74) is 3.52. The molecule has 0 amide bonds. The lowest BCUT2D eigenvalue weighted by molar-refractivity contribution is 0.114. The van der Waals surface area contributed by atoms with Crippen LogP contribution >= 0.6 is 0 Å². The van der Waals surface area contributed by atoms with Crippen LogP contribution in [0, 0.1) is 17.3 Å². The maximum absolute atomic E-state index is 10.1. The SMILES string of the molecule is CC(C)N1CCCc2c(C#CC(O)C(C)(C)C)cccc21. The largest absolute Gasteiger partial charge is 0.380 e. The zero-order valence-corrected chi connectivity index (χ0v) is 13.9. The van der Waals surface area contributed by atoms with Crippen LogP contribution in [-0.2, 0) is 6.42 Å². The van der Waals surface area contributed by atoms with Crippen LogP contribution in [0.25, 0.3) is 0 Å². The topological polar surface area (TPSA) is 23.5 Å². The molecule has 0 aliphatic carbocycles. The fraction of sp³-hybridized carbons (Fsp3) is 0.579. The van der Waals surface area contributed by atoms with Gasteiger partial charge in [-0.25, -0.2) is 0 Å². The summed E-state index contributed by atoms with van der Waals surface area (Å²) < 4.78 is 0. The molecule has 2 nitrogen and oxygen atoms in total. The van der Waals surface area contributed by atoms with E-state index in [-0.39, 0.29) is 5.41 Å². The monoisotopic (exact) mass is 285 g/mol. The van der Waals surface area contributed by atoms with E-state index in [0.717, 1.165) is 18.5 Å². The fourth-order valence-electron chi connectivity index (χ4n) is 2.67. The second-order valence-electron chi connectivity index (χ2n) is 7.23. The summed E-state index contributed by atoms with van der Waals surface area (Å²) in [5, 5.41) is 10.1. The first-order valence-electron chi connectivity index (χ1n) is 7.89. The lowest BCUT2D eigenvalue weighted by Gasteiger charge is -2.35. The second kappa shape index (κ2) is 6.12. The van der Waals surface area contributed by atoms with Gasteiger partial charge in [0.15, 0.2) is 0 Å². The van der Waals surface area contributed by atoms with E-state index in [4.69, 9.17) is 0 Å². The quantitative estimate of drug-likeness (QED) is 0.797. The maximum Gasteiger partial charge on any atom is 0.119 e. The Bertz CT molecular complexity index is 557. The van der Waals surface area contributed by atoms with Gasteiger partial charge in [0.1, 0.15) is 6.10 Å². The van der Waals surface area contributed by atoms with Crippen LogP contribution in [0.2, 0.25) is 0 Å². The van der Waals surface area contributed by atoms with E-state index in [1.807, 2.05) is 20.8 Å². The number of aliphatic hydroxyl groups is 1. The fourth-order valence-corrected chi connectivity index (χ4v) is 2.67. The Morgan fingerprint density at radius 2 is 1.95 bits per heavy atom. The number of fused-ring (bicyclic) bond motifs is 1. The highest BCUT2D eigenvalue weighted by molar-refractivity contribution is 5.62. The average Bonchev–Trinajstić information content (AvgIpc) is 2.42. The third-order valence-corrected chi connectivity index (χ3v) is 4.07. The van der Waals surface area contributed by atoms with Crippen molar-refractivity contribution in [3.63, 3.8) is 0 Å². The number of nitrogens with zero attached hydrogens (tertiary/aromatic N) is 1. The number of rotatable bonds is 1. The first-order chi connectivity index (χ1) is 9.80. The van der Waals surface area contributed by atoms with Crippen LogP contribution in [0.1, 0.15) is 52.2 Å². The highest BCUT2D eigenvalue weighted by atomic mass is 16.3. The zero-order valence-electron chi connectivity index (χ0n) is 13.9. The first-order valence-corrected chi connectivity index (χ1v) is 7.89. The van der Waals surface area contributed by atoms with Gasteiger partial charge in [-0.05, 0) is 49.8 Å². The standard InChI is InChI=1S/C19H27NO/c1-14(2)20-13-7-9-16-15(8-6-10-17(16)20)11-12-18(21)19(3,4)5/h6,8,10,14,18,21H,7,9,13H2,1-5H3. The minimum absolute atomic E-state index is 0.203. The normalized spacial score (nSPS) is 16.2. The molecule has 21 heavy (non-hydrogen) atoms. The second-order valence-corrected chi connectivity index (χ2v) is 7.23. The van der Waals surface area contributed by atoms with Gasteiger partial charge >= 0.3 is 0 Å². The van der Waals surface area contributed by atoms with Gasteiger partial charge in [-0.3, -0.25) is 0 Å². The molecule has 1 aliphatic rings. The third kappa shape index (κ3) is 3.60. The predicted octanol–water partition coefficient (Wildman–Crippen LogP) is 3.61. The van der Waals surface area contributed by atoms with E-state index in [0.29, 0.717) is 6.04 Å². The van der Waals surface area contributed by atoms with Crippen molar-refractivity contribution < 1.29 is 5.11 Å². The molecule has 1 aliphatic heterocycles. The summed E-state index contributed by atoms with van der Waals surface area (Å²) >= 11 is 0. The van der Waals surface area contributed by atoms with Crippen molar-refractivity contribution >= 4 is 5.69 Å². The van der Waals surface area contributed by atoms with Gasteiger partial charge in [0, 0.05) is 23.8 Å². The van der Waals surface area contributed by atoms with Crippen molar-refractivity contribution in [3.8, 4) is 11.8 Å². The molecule has 0 bridgehead atoms. The van der Waals surface area contributed by atoms with Crippen molar-refractivity contribution in [3.05, 3.63) is 29.3 Å². The van der Waals surface area contributed by atoms with Gasteiger partial charge in [-0.15, -0.1) is 0 Å². The van der Waals surface area contributed by atoms with Gasteiger partial charge in [0.25, 0.3) is 0 Å². The van der Waals surface area contributed by atoms with Gasteiger partial charge in [0.05, 0.1) is 0 Å². The van der Waals surface area contributed by atoms with Crippen molar-refractivity contribution in [2.45, 2.75) is 59.6 Å². The van der Waals surface area contributed by atoms with Crippen molar-refractivity contribution in [2.75, 3.05) is 11.4 Å². The lowest BCUT2D eigenvalue weighted by atomic mass is 9.89. The molecule has 2 rings (SSSR count). The molecular formula is C19H27NO. The third-order valence-electron chi connectivity index (χ3n) is 4.07.